The van der Waals surface area contributed by atoms with Gasteiger partial charge in [0, 0.05) is 5.69 Å². The topological polar surface area (TPSA) is 70.4 Å². The molecule has 0 aliphatic heterocycles. The zero-order valence-electron chi connectivity index (χ0n) is 8.21. The maximum atomic E-state index is 10.9. The van der Waals surface area contributed by atoms with Crippen LogP contribution in [0.15, 0.2) is 18.2 Å². The summed E-state index contributed by atoms with van der Waals surface area (Å²) in [5.41, 5.74) is 0.580. The first kappa shape index (κ1) is 11.4. The highest BCUT2D eigenvalue weighted by Gasteiger charge is 2.18. The van der Waals surface area contributed by atoms with E-state index in [-0.39, 0.29) is 5.44 Å². The van der Waals surface area contributed by atoms with Crippen LogP contribution in [0.5, 0.6) is 0 Å². The van der Waals surface area contributed by atoms with Crippen molar-refractivity contribution < 1.29 is 14.4 Å². The van der Waals surface area contributed by atoms with Crippen molar-refractivity contribution in [3.63, 3.8) is 0 Å². The fraction of sp³-hybridized carbons (Fsp3) is 0.444. The Morgan fingerprint density at radius 2 is 2.07 bits per heavy atom. The molecule has 1 heterocycles. The molecule has 0 bridgehead atoms. The molecule has 5 heteroatoms. The Balaban J connectivity index is 2.96. The van der Waals surface area contributed by atoms with Gasteiger partial charge >= 0.3 is 7.60 Å². The normalized spacial score (nSPS) is 12.1. The monoisotopic (exact) mass is 215 g/mol. The molecule has 0 saturated heterocycles. The standard InChI is InChI=1S/C9H14NO3P/c1-7(2)6-8-4-3-5-9(10-8)14(11,12)13/h3-5,7H,6H2,1-2H3,(H2,11,12,13). The lowest BCUT2D eigenvalue weighted by Gasteiger charge is -2.07. The zero-order valence-corrected chi connectivity index (χ0v) is 9.11. The molecule has 1 aromatic rings. The van der Waals surface area contributed by atoms with Crippen LogP contribution in [0.4, 0.5) is 0 Å². The lowest BCUT2D eigenvalue weighted by molar-refractivity contribution is 0.386. The molecule has 0 unspecified atom stereocenters. The average molecular weight is 215 g/mol. The van der Waals surface area contributed by atoms with Gasteiger partial charge in [0.1, 0.15) is 0 Å². The number of rotatable bonds is 3. The molecule has 78 valence electrons. The first-order valence-corrected chi connectivity index (χ1v) is 6.03. The molecule has 1 aromatic heterocycles. The smallest absolute Gasteiger partial charge is 0.320 e. The lowest BCUT2D eigenvalue weighted by atomic mass is 10.1. The van der Waals surface area contributed by atoms with Gasteiger partial charge in [0.15, 0.2) is 5.44 Å². The van der Waals surface area contributed by atoms with Gasteiger partial charge in [-0.3, -0.25) is 4.57 Å². The van der Waals surface area contributed by atoms with Crippen LogP contribution >= 0.6 is 7.60 Å². The van der Waals surface area contributed by atoms with E-state index in [9.17, 15) is 4.57 Å². The van der Waals surface area contributed by atoms with Crippen LogP contribution in [-0.4, -0.2) is 14.8 Å². The maximum absolute atomic E-state index is 10.9. The molecule has 14 heavy (non-hydrogen) atoms. The van der Waals surface area contributed by atoms with Gasteiger partial charge in [-0.05, 0) is 24.5 Å². The summed E-state index contributed by atoms with van der Waals surface area (Å²) in [7, 11) is -4.20. The summed E-state index contributed by atoms with van der Waals surface area (Å²) in [6, 6.07) is 4.75. The van der Waals surface area contributed by atoms with Crippen LogP contribution in [-0.2, 0) is 11.0 Å². The fourth-order valence-corrected chi connectivity index (χ4v) is 1.70. The van der Waals surface area contributed by atoms with E-state index in [2.05, 4.69) is 4.98 Å². The largest absolute Gasteiger partial charge is 0.374 e. The van der Waals surface area contributed by atoms with Gasteiger partial charge in [-0.1, -0.05) is 19.9 Å². The summed E-state index contributed by atoms with van der Waals surface area (Å²) in [6.45, 7) is 4.07. The lowest BCUT2D eigenvalue weighted by Crippen LogP contribution is -2.11. The van der Waals surface area contributed by atoms with Crippen molar-refractivity contribution in [3.8, 4) is 0 Å². The third kappa shape index (κ3) is 3.22. The number of aromatic nitrogens is 1. The highest BCUT2D eigenvalue weighted by Crippen LogP contribution is 2.31. The fourth-order valence-electron chi connectivity index (χ4n) is 1.16. The molecule has 0 amide bonds. The Labute approximate surface area is 83.2 Å². The van der Waals surface area contributed by atoms with Crippen LogP contribution in [0, 0.1) is 5.92 Å². The third-order valence-corrected chi connectivity index (χ3v) is 2.55. The van der Waals surface area contributed by atoms with Crippen molar-refractivity contribution in [1.29, 1.82) is 0 Å². The van der Waals surface area contributed by atoms with E-state index in [4.69, 9.17) is 9.79 Å². The van der Waals surface area contributed by atoms with E-state index in [1.807, 2.05) is 13.8 Å². The third-order valence-electron chi connectivity index (χ3n) is 1.71. The zero-order chi connectivity index (χ0) is 10.8. The number of hydrogen-bond donors (Lipinski definition) is 2. The van der Waals surface area contributed by atoms with Crippen LogP contribution < -0.4 is 5.44 Å². The molecule has 0 spiro atoms. The number of pyridine rings is 1. The SMILES string of the molecule is CC(C)Cc1cccc(P(=O)(O)O)n1. The summed E-state index contributed by atoms with van der Waals surface area (Å²) < 4.78 is 10.9. The van der Waals surface area contributed by atoms with Crippen molar-refractivity contribution >= 4 is 13.0 Å². The molecule has 0 saturated carbocycles. The Kier molecular flexibility index (Phi) is 3.43. The molecular weight excluding hydrogens is 201 g/mol. The summed E-state index contributed by atoms with van der Waals surface area (Å²) >= 11 is 0. The van der Waals surface area contributed by atoms with Crippen molar-refractivity contribution in [2.24, 2.45) is 5.92 Å². The molecule has 0 fully saturated rings. The van der Waals surface area contributed by atoms with Gasteiger partial charge in [-0.25, -0.2) is 4.98 Å². The van der Waals surface area contributed by atoms with E-state index in [1.165, 1.54) is 6.07 Å². The van der Waals surface area contributed by atoms with Gasteiger partial charge in [0.05, 0.1) is 0 Å². The highest BCUT2D eigenvalue weighted by atomic mass is 31.2. The van der Waals surface area contributed by atoms with Crippen LogP contribution in [0.25, 0.3) is 0 Å². The second kappa shape index (κ2) is 4.22. The molecule has 4 nitrogen and oxygen atoms in total. The molecular formula is C9H14NO3P. The first-order valence-electron chi connectivity index (χ1n) is 4.41. The second-order valence-corrected chi connectivity index (χ2v) is 5.18. The minimum absolute atomic E-state index is 0.143. The Bertz CT molecular complexity index is 359. The van der Waals surface area contributed by atoms with Crippen LogP contribution in [0.1, 0.15) is 19.5 Å². The van der Waals surface area contributed by atoms with Crippen molar-refractivity contribution in [2.45, 2.75) is 20.3 Å². The maximum Gasteiger partial charge on any atom is 0.374 e. The van der Waals surface area contributed by atoms with Crippen LogP contribution in [0.2, 0.25) is 0 Å². The Hall–Kier alpha value is -0.700. The minimum atomic E-state index is -4.20. The van der Waals surface area contributed by atoms with E-state index in [1.54, 1.807) is 12.1 Å². The molecule has 0 aliphatic carbocycles. The molecule has 0 atom stereocenters. The molecule has 0 aromatic carbocycles. The van der Waals surface area contributed by atoms with E-state index in [0.717, 1.165) is 12.1 Å². The molecule has 1 rings (SSSR count). The van der Waals surface area contributed by atoms with Crippen molar-refractivity contribution in [2.75, 3.05) is 0 Å². The molecule has 0 aliphatic rings. The van der Waals surface area contributed by atoms with E-state index < -0.39 is 7.60 Å². The average Bonchev–Trinajstić information content (AvgIpc) is 2.01. The van der Waals surface area contributed by atoms with Crippen LogP contribution in [0.3, 0.4) is 0 Å². The van der Waals surface area contributed by atoms with Gasteiger partial charge in [-0.15, -0.1) is 0 Å². The van der Waals surface area contributed by atoms with Gasteiger partial charge in [0.25, 0.3) is 0 Å². The Morgan fingerprint density at radius 3 is 2.57 bits per heavy atom. The number of hydrogen-bond acceptors (Lipinski definition) is 2. The van der Waals surface area contributed by atoms with Gasteiger partial charge < -0.3 is 9.79 Å². The quantitative estimate of drug-likeness (QED) is 0.740. The highest BCUT2D eigenvalue weighted by molar-refractivity contribution is 7.60. The van der Waals surface area contributed by atoms with Crippen molar-refractivity contribution in [3.05, 3.63) is 23.9 Å². The summed E-state index contributed by atoms with van der Waals surface area (Å²) in [5, 5.41) is 0. The Morgan fingerprint density at radius 1 is 1.43 bits per heavy atom. The summed E-state index contributed by atoms with van der Waals surface area (Å²) in [5.74, 6) is 0.425. The number of nitrogens with zero attached hydrogens (tertiary/aromatic N) is 1. The first-order chi connectivity index (χ1) is 6.39. The van der Waals surface area contributed by atoms with Gasteiger partial charge in [-0.2, -0.15) is 0 Å². The summed E-state index contributed by atoms with van der Waals surface area (Å²) in [6.07, 6.45) is 0.730. The van der Waals surface area contributed by atoms with Gasteiger partial charge in [0.2, 0.25) is 0 Å². The second-order valence-electron chi connectivity index (χ2n) is 3.63. The molecule has 2 N–H and O–H groups in total. The predicted octanol–water partition coefficient (Wildman–Crippen LogP) is 1.08. The summed E-state index contributed by atoms with van der Waals surface area (Å²) in [4.78, 5) is 21.7. The minimum Gasteiger partial charge on any atom is -0.320 e. The van der Waals surface area contributed by atoms with Crippen molar-refractivity contribution in [1.82, 2.24) is 4.98 Å². The van der Waals surface area contributed by atoms with E-state index in [0.29, 0.717) is 5.92 Å². The molecule has 0 radical (unpaired) electrons. The van der Waals surface area contributed by atoms with E-state index >= 15 is 0 Å². The predicted molar refractivity (Wildman–Crippen MR) is 54.5 cm³/mol.